The molecule has 1 aliphatic carbocycles. The first-order chi connectivity index (χ1) is 16.0. The Bertz CT molecular complexity index is 1170. The topological polar surface area (TPSA) is 0 Å². The molecule has 1 atom stereocenters. The van der Waals surface area contributed by atoms with Gasteiger partial charge >= 0.3 is 41.3 Å². The molecular weight excluding hydrogens is 571 g/mol. The van der Waals surface area contributed by atoms with Gasteiger partial charge < -0.3 is 24.8 Å². The fraction of sp³-hybridized carbons (Fsp3) is 0.471. The van der Waals surface area contributed by atoms with E-state index in [1.54, 1.807) is 24.2 Å². The van der Waals surface area contributed by atoms with Crippen LogP contribution in [0.3, 0.4) is 0 Å². The number of hydrogen-bond acceptors (Lipinski definition) is 0. The van der Waals surface area contributed by atoms with E-state index in [1.165, 1.54) is 47.0 Å². The zero-order valence-corrected chi connectivity index (χ0v) is 29.0. The van der Waals surface area contributed by atoms with E-state index in [4.69, 9.17) is 0 Å². The van der Waals surface area contributed by atoms with Crippen molar-refractivity contribution in [3.8, 4) is 0 Å². The summed E-state index contributed by atoms with van der Waals surface area (Å²) in [7, 11) is 0. The number of fused-ring (bicyclic) bond motifs is 3. The molecule has 0 saturated heterocycles. The molecule has 202 valence electrons. The fourth-order valence-corrected chi connectivity index (χ4v) is 4.44. The van der Waals surface area contributed by atoms with Gasteiger partial charge in [0.15, 0.2) is 0 Å². The molecule has 0 fully saturated rings. The molecule has 3 aromatic carbocycles. The van der Waals surface area contributed by atoms with Gasteiger partial charge in [0.05, 0.1) is 0 Å². The first-order valence-electron chi connectivity index (χ1n) is 13.0. The molecule has 0 heterocycles. The summed E-state index contributed by atoms with van der Waals surface area (Å²) in [5, 5.41) is 5.48. The van der Waals surface area contributed by atoms with Crippen LogP contribution in [0.4, 0.5) is 0 Å². The molecule has 4 rings (SSSR count). The monoisotopic (exact) mass is 614 g/mol. The number of benzene rings is 2. The minimum absolute atomic E-state index is 0. The van der Waals surface area contributed by atoms with Gasteiger partial charge in [-0.25, -0.2) is 5.57 Å². The number of halogens is 2. The van der Waals surface area contributed by atoms with E-state index < -0.39 is 0 Å². The molecule has 0 amide bonds. The Kier molecular flexibility index (Phi) is 14.1. The molecule has 0 aliphatic heterocycles. The average molecular weight is 617 g/mol. The third-order valence-electron chi connectivity index (χ3n) is 6.37. The van der Waals surface area contributed by atoms with Gasteiger partial charge in [-0.05, 0) is 10.8 Å². The predicted molar refractivity (Wildman–Crippen MR) is 155 cm³/mol. The van der Waals surface area contributed by atoms with E-state index in [0.29, 0.717) is 11.8 Å². The molecule has 0 saturated carbocycles. The van der Waals surface area contributed by atoms with Gasteiger partial charge in [0.2, 0.25) is 0 Å². The van der Waals surface area contributed by atoms with Crippen LogP contribution < -0.4 is 24.8 Å². The van der Waals surface area contributed by atoms with Crippen molar-refractivity contribution in [2.75, 3.05) is 0 Å². The largest absolute Gasteiger partial charge is 1.00 e. The van der Waals surface area contributed by atoms with Crippen molar-refractivity contribution in [3.05, 3.63) is 76.9 Å². The standard InChI is InChI=1S/C21H25.C10H15.C3H6.2ClH.Zr/c1-20(2,3)16-7-9-18-14(12-16)11-15-13-17(21(4,5)6)8-10-19(15)18;1-7(2)10-6-8(3)5-9(10)4;1-3-2;;;/h7-13H,1-6H3;6-8H,1-4H3;1-2H3;2*1H;/q2*-1;;;;+2/p-2. The van der Waals surface area contributed by atoms with Crippen molar-refractivity contribution in [1.29, 1.82) is 0 Å². The van der Waals surface area contributed by atoms with Crippen molar-refractivity contribution in [1.82, 2.24) is 0 Å². The van der Waals surface area contributed by atoms with E-state index >= 15 is 0 Å². The summed E-state index contributed by atoms with van der Waals surface area (Å²) < 4.78 is 1.51. The molecule has 0 N–H and O–H groups in total. The van der Waals surface area contributed by atoms with Crippen LogP contribution in [0, 0.1) is 17.9 Å². The van der Waals surface area contributed by atoms with Gasteiger partial charge in [-0.2, -0.15) is 11.6 Å². The van der Waals surface area contributed by atoms with E-state index in [2.05, 4.69) is 138 Å². The Morgan fingerprint density at radius 2 is 1.22 bits per heavy atom. The summed E-state index contributed by atoms with van der Waals surface area (Å²) in [6.45, 7) is 26.7. The molecule has 0 aromatic heterocycles. The Morgan fingerprint density at radius 3 is 1.46 bits per heavy atom. The third kappa shape index (κ3) is 10.3. The summed E-state index contributed by atoms with van der Waals surface area (Å²) in [5.41, 5.74) is 6.04. The average Bonchev–Trinajstić information content (AvgIpc) is 3.24. The van der Waals surface area contributed by atoms with Gasteiger partial charge in [-0.15, -0.1) is 39.7 Å². The second-order valence-electron chi connectivity index (χ2n) is 12.6. The molecule has 0 radical (unpaired) electrons. The molecule has 0 nitrogen and oxygen atoms in total. The fourth-order valence-electron chi connectivity index (χ4n) is 4.44. The van der Waals surface area contributed by atoms with Gasteiger partial charge in [0.1, 0.15) is 0 Å². The van der Waals surface area contributed by atoms with Crippen molar-refractivity contribution >= 4 is 24.8 Å². The second-order valence-corrected chi connectivity index (χ2v) is 15.0. The van der Waals surface area contributed by atoms with Crippen molar-refractivity contribution in [2.24, 2.45) is 11.8 Å². The summed E-state index contributed by atoms with van der Waals surface area (Å²) in [4.78, 5) is 0. The molecule has 3 aromatic rings. The smallest absolute Gasteiger partial charge is 1.00 e. The van der Waals surface area contributed by atoms with Crippen LogP contribution in [-0.2, 0) is 35.1 Å². The summed E-state index contributed by atoms with van der Waals surface area (Å²) in [6.07, 6.45) is 5.68. The van der Waals surface area contributed by atoms with E-state index in [-0.39, 0.29) is 35.6 Å². The molecule has 0 spiro atoms. The maximum absolute atomic E-state index is 3.37. The van der Waals surface area contributed by atoms with Crippen LogP contribution in [-0.4, -0.2) is 3.21 Å². The van der Waals surface area contributed by atoms with Gasteiger partial charge in [0.25, 0.3) is 0 Å². The van der Waals surface area contributed by atoms with E-state index in [0.717, 1.165) is 0 Å². The van der Waals surface area contributed by atoms with E-state index in [9.17, 15) is 0 Å². The van der Waals surface area contributed by atoms with Gasteiger partial charge in [-0.3, -0.25) is 6.08 Å². The summed E-state index contributed by atoms with van der Waals surface area (Å²) >= 11 is 1.55. The normalized spacial score (nSPS) is 15.1. The minimum Gasteiger partial charge on any atom is -1.00 e. The molecule has 0 bridgehead atoms. The first kappa shape index (κ1) is 36.1. The number of rotatable bonds is 1. The number of hydrogen-bond donors (Lipinski definition) is 0. The maximum atomic E-state index is 3.37. The van der Waals surface area contributed by atoms with Crippen LogP contribution in [0.15, 0.2) is 59.7 Å². The molecule has 1 unspecified atom stereocenters. The van der Waals surface area contributed by atoms with E-state index in [1.807, 2.05) is 0 Å². The number of allylic oxidation sites excluding steroid dienone is 4. The summed E-state index contributed by atoms with van der Waals surface area (Å²) in [6, 6.07) is 16.2. The molecule has 37 heavy (non-hydrogen) atoms. The van der Waals surface area contributed by atoms with Crippen LogP contribution in [0.1, 0.15) is 94.2 Å². The molecule has 1 aliphatic rings. The Morgan fingerprint density at radius 1 is 0.838 bits per heavy atom. The summed E-state index contributed by atoms with van der Waals surface area (Å²) in [5.74, 6) is 1.20. The molecule has 3 heteroatoms. The quantitative estimate of drug-likeness (QED) is 0.363. The van der Waals surface area contributed by atoms with Crippen molar-refractivity contribution in [2.45, 2.75) is 93.9 Å². The van der Waals surface area contributed by atoms with Crippen LogP contribution in [0.5, 0.6) is 0 Å². The van der Waals surface area contributed by atoms with Crippen LogP contribution in [0.25, 0.3) is 21.5 Å². The van der Waals surface area contributed by atoms with Gasteiger partial charge in [-0.1, -0.05) is 116 Å². The zero-order valence-electron chi connectivity index (χ0n) is 25.0. The second kappa shape index (κ2) is 14.5. The van der Waals surface area contributed by atoms with Crippen LogP contribution >= 0.6 is 0 Å². The van der Waals surface area contributed by atoms with Gasteiger partial charge in [0, 0.05) is 0 Å². The SMILES string of the molecule is CC(C)(C)c1ccc2c(c1)[cH-]c1cc(C(C)(C)C)ccc12.CC1=[C-]C(C)C=C1C(C)C.C[C](C)=[Zr+2].[Cl-].[Cl-]. The maximum Gasteiger partial charge on any atom is -1.00 e. The first-order valence-corrected chi connectivity index (χ1v) is 14.2. The zero-order chi connectivity index (χ0) is 26.7. The Hall–Kier alpha value is -0.877. The molecular formula is C34H46Cl2Zr-2. The third-order valence-corrected chi connectivity index (χ3v) is 6.37. The van der Waals surface area contributed by atoms with Crippen molar-refractivity contribution in [3.63, 3.8) is 0 Å². The minimum atomic E-state index is 0. The Balaban J connectivity index is 0.000000684. The van der Waals surface area contributed by atoms with Crippen LogP contribution in [0.2, 0.25) is 0 Å². The van der Waals surface area contributed by atoms with Crippen molar-refractivity contribution < 1.29 is 49.0 Å². The Labute approximate surface area is 254 Å². The predicted octanol–water partition coefficient (Wildman–Crippen LogP) is 4.03.